The summed E-state index contributed by atoms with van der Waals surface area (Å²) in [5.41, 5.74) is -0.134. The zero-order valence-electron chi connectivity index (χ0n) is 81.9. The molecule has 22 unspecified atom stereocenters. The van der Waals surface area contributed by atoms with E-state index < -0.39 is 60.9 Å². The van der Waals surface area contributed by atoms with Gasteiger partial charge in [-0.15, -0.1) is 0 Å². The minimum absolute atomic E-state index is 0.0107. The highest BCUT2D eigenvalue weighted by atomic mass is 16.7. The van der Waals surface area contributed by atoms with Gasteiger partial charge in [0.05, 0.1) is 48.6 Å². The van der Waals surface area contributed by atoms with Crippen molar-refractivity contribution in [3.63, 3.8) is 0 Å². The molecule has 6 rings (SSSR count). The number of nitrogens with zero attached hydrogens (tertiary/aromatic N) is 1. The van der Waals surface area contributed by atoms with Crippen LogP contribution >= 0.6 is 0 Å². The molecule has 1 aromatic carbocycles. The Morgan fingerprint density at radius 3 is 0.947 bits per heavy atom. The second kappa shape index (κ2) is 61.3. The Morgan fingerprint density at radius 1 is 0.351 bits per heavy atom. The summed E-state index contributed by atoms with van der Waals surface area (Å²) in [6.07, 6.45) is 17.6. The highest BCUT2D eigenvalue weighted by molar-refractivity contribution is 6.13. The minimum atomic E-state index is -1.24. The number of ether oxygens (including phenoxy) is 9. The first-order valence-electron chi connectivity index (χ1n) is 49.7. The van der Waals surface area contributed by atoms with Crippen LogP contribution in [-0.2, 0) is 85.8 Å². The Labute approximate surface area is 780 Å². The van der Waals surface area contributed by atoms with Gasteiger partial charge >= 0.3 is 0 Å². The van der Waals surface area contributed by atoms with Gasteiger partial charge in [-0.1, -0.05) is 147 Å². The standard InChI is InChI=1S/C98H166N12O21/c1-17-79-62(5)66(9)87(104-70(13)111)95(128-79)124-54-37-27-22-32-48-100-83(115)43-41-77(93(121)102-50-34-24-29-39-56-126-97-89(106-72(15)113)68(11)64(7)81(19-3)130-97)108-91(119)74-59-75(61-76(60-74)123-58-52-99-47-31-21-26-36-53-110-85(117)45-46-86(110)118)92(120)109-78(94(122)103-51-35-25-30-40-57-127-98-90(107-73(16)114)69(12)65(8)82(20-4)131-98)42-44-84(116)101-49-33-23-28-38-55-125-96-88(105-71(14)112)67(10)63(6)80(18-2)129-96/h45-46,59-69,77-82,87-90,95-99H,17-44,47-58H2,1-16H3,(H,100,115)(H,101,116)(H,102,121)(H,103,122)(H,104,111)(H,105,112)(H,106,113)(H,107,114)(H,108,119)(H,109,120). The van der Waals surface area contributed by atoms with Crippen molar-refractivity contribution in [3.8, 4) is 5.75 Å². The minimum Gasteiger partial charge on any atom is -0.492 e. The van der Waals surface area contributed by atoms with Crippen LogP contribution in [0.4, 0.5) is 0 Å². The van der Waals surface area contributed by atoms with E-state index in [1.165, 1.54) is 62.9 Å². The molecule has 0 aliphatic carbocycles. The summed E-state index contributed by atoms with van der Waals surface area (Å²) in [7, 11) is 0. The molecular weight excluding hydrogens is 1680 g/mol. The first kappa shape index (κ1) is 112. The first-order valence-corrected chi connectivity index (χ1v) is 49.7. The third-order valence-electron chi connectivity index (χ3n) is 27.0. The summed E-state index contributed by atoms with van der Waals surface area (Å²) in [6, 6.07) is 0.629. The van der Waals surface area contributed by atoms with Crippen molar-refractivity contribution in [3.05, 3.63) is 41.5 Å². The molecule has 33 nitrogen and oxygen atoms in total. The Hall–Kier alpha value is -7.76. The fourth-order valence-electron chi connectivity index (χ4n) is 18.2. The van der Waals surface area contributed by atoms with Crippen LogP contribution in [-0.4, -0.2) is 240 Å². The lowest BCUT2D eigenvalue weighted by Gasteiger charge is -2.44. The number of carbonyl (C=O) groups is 12. The smallest absolute Gasteiger partial charge is 0.253 e. The second-order valence-electron chi connectivity index (χ2n) is 37.1. The van der Waals surface area contributed by atoms with Crippen LogP contribution in [0, 0.1) is 47.3 Å². The van der Waals surface area contributed by atoms with Crippen LogP contribution in [0.3, 0.4) is 0 Å². The number of rotatable bonds is 63. The average Bonchev–Trinajstić information content (AvgIpc) is 1.43. The summed E-state index contributed by atoms with van der Waals surface area (Å²) in [5.74, 6) is -2.85. The maximum absolute atomic E-state index is 15.0. The molecule has 0 aromatic heterocycles. The zero-order chi connectivity index (χ0) is 95.9. The summed E-state index contributed by atoms with van der Waals surface area (Å²) in [5, 5.41) is 33.2. The molecule has 131 heavy (non-hydrogen) atoms. The lowest BCUT2D eigenvalue weighted by molar-refractivity contribution is -0.236. The molecular formula is C98H166N12O21. The summed E-state index contributed by atoms with van der Waals surface area (Å²) >= 11 is 0. The largest absolute Gasteiger partial charge is 0.492 e. The van der Waals surface area contributed by atoms with Gasteiger partial charge in [-0.05, 0) is 175 Å². The van der Waals surface area contributed by atoms with Crippen molar-refractivity contribution in [2.24, 2.45) is 47.3 Å². The molecule has 4 fully saturated rings. The number of benzene rings is 1. The number of hydrogen-bond acceptors (Lipinski definition) is 22. The topological polar surface area (TPSA) is 423 Å². The van der Waals surface area contributed by atoms with Crippen molar-refractivity contribution in [1.82, 2.24) is 63.4 Å². The van der Waals surface area contributed by atoms with Crippen molar-refractivity contribution in [2.45, 2.75) is 376 Å². The van der Waals surface area contributed by atoms with E-state index in [1.54, 1.807) is 0 Å². The molecule has 12 amide bonds. The van der Waals surface area contributed by atoms with Crippen LogP contribution in [0.5, 0.6) is 5.75 Å². The summed E-state index contributed by atoms with van der Waals surface area (Å²) in [4.78, 5) is 161. The summed E-state index contributed by atoms with van der Waals surface area (Å²) in [6.45, 7) is 35.5. The van der Waals surface area contributed by atoms with Gasteiger partial charge in [0.1, 0.15) is 24.4 Å². The van der Waals surface area contributed by atoms with E-state index in [9.17, 15) is 57.5 Å². The predicted octanol–water partition coefficient (Wildman–Crippen LogP) is 10.3. The number of nitrogens with one attached hydrogen (secondary N) is 11. The maximum Gasteiger partial charge on any atom is 0.253 e. The van der Waals surface area contributed by atoms with Gasteiger partial charge in [-0.2, -0.15) is 0 Å². The van der Waals surface area contributed by atoms with E-state index in [-0.39, 0.29) is 205 Å². The number of unbranched alkanes of at least 4 members (excludes halogenated alkanes) is 15. The Kier molecular flexibility index (Phi) is 52.4. The van der Waals surface area contributed by atoms with Gasteiger partial charge in [0.2, 0.25) is 47.3 Å². The molecule has 5 heterocycles. The second-order valence-corrected chi connectivity index (χ2v) is 37.1. The molecule has 33 heteroatoms. The lowest BCUT2D eigenvalue weighted by Crippen LogP contribution is -2.57. The van der Waals surface area contributed by atoms with Crippen molar-refractivity contribution in [1.29, 1.82) is 0 Å². The average molecular weight is 1850 g/mol. The molecule has 0 bridgehead atoms. The van der Waals surface area contributed by atoms with Crippen LogP contribution in [0.2, 0.25) is 0 Å². The molecule has 744 valence electrons. The fraction of sp³-hybridized carbons (Fsp3) is 0.796. The van der Waals surface area contributed by atoms with Crippen LogP contribution in [0.1, 0.15) is 311 Å². The van der Waals surface area contributed by atoms with Gasteiger partial charge in [-0.25, -0.2) is 0 Å². The van der Waals surface area contributed by atoms with Gasteiger partial charge in [0.25, 0.3) is 23.6 Å². The molecule has 0 spiro atoms. The predicted molar refractivity (Wildman–Crippen MR) is 499 cm³/mol. The number of carbonyl (C=O) groups excluding carboxylic acids is 12. The molecule has 11 N–H and O–H groups in total. The first-order chi connectivity index (χ1) is 62.8. The fourth-order valence-corrected chi connectivity index (χ4v) is 18.2. The van der Waals surface area contributed by atoms with Crippen LogP contribution < -0.4 is 63.2 Å². The lowest BCUT2D eigenvalue weighted by atomic mass is 9.81. The molecule has 4 saturated heterocycles. The zero-order valence-corrected chi connectivity index (χ0v) is 81.9. The molecule has 0 radical (unpaired) electrons. The van der Waals surface area contributed by atoms with Crippen LogP contribution in [0.25, 0.3) is 0 Å². The van der Waals surface area contributed by atoms with E-state index in [2.05, 4.69) is 142 Å². The number of amides is 12. The van der Waals surface area contributed by atoms with Gasteiger partial charge in [-0.3, -0.25) is 62.4 Å². The van der Waals surface area contributed by atoms with Gasteiger partial charge < -0.3 is 101 Å². The summed E-state index contributed by atoms with van der Waals surface area (Å²) < 4.78 is 56.7. The Bertz CT molecular complexity index is 3480. The van der Waals surface area contributed by atoms with Crippen molar-refractivity contribution in [2.75, 3.05) is 78.8 Å². The molecule has 1 aromatic rings. The Balaban J connectivity index is 1.15. The van der Waals surface area contributed by atoms with Crippen molar-refractivity contribution >= 4 is 70.9 Å². The monoisotopic (exact) mass is 1850 g/mol. The van der Waals surface area contributed by atoms with E-state index in [0.29, 0.717) is 104 Å². The van der Waals surface area contributed by atoms with Crippen molar-refractivity contribution < 1.29 is 100 Å². The van der Waals surface area contributed by atoms with E-state index in [0.717, 1.165) is 109 Å². The van der Waals surface area contributed by atoms with E-state index >= 15 is 0 Å². The maximum atomic E-state index is 15.0. The molecule has 5 aliphatic rings. The SMILES string of the molecule is CCC1OC(OCCCCCCNC(=O)CCC(NC(=O)c2cc(OCCNCCCCCCN3C(=O)C=CC3=O)cc(C(=O)NC(CCC(=O)NCCCCCCOC3OC(CC)C(C)C(C)C3NC(C)=O)C(=O)NCCCCCCOC3OC(CC)C(C)C(C)C3NC(C)=O)c2)C(=O)NCCCCCCOC2OC(CC)C(C)C(C)C2NC(C)=O)C(NC(C)=O)C(C)C1C. The molecule has 22 atom stereocenters. The number of hydrogen-bond donors (Lipinski definition) is 11. The van der Waals surface area contributed by atoms with Gasteiger partial charge in [0.15, 0.2) is 25.2 Å². The molecule has 0 saturated carbocycles. The quantitative estimate of drug-likeness (QED) is 0.0213. The van der Waals surface area contributed by atoms with Gasteiger partial charge in [0, 0.05) is 130 Å². The van der Waals surface area contributed by atoms with Crippen LogP contribution in [0.15, 0.2) is 30.4 Å². The highest BCUT2D eigenvalue weighted by Gasteiger charge is 2.46. The molecule has 5 aliphatic heterocycles. The van der Waals surface area contributed by atoms with E-state index in [4.69, 9.17) is 42.6 Å². The van der Waals surface area contributed by atoms with E-state index in [1.807, 2.05) is 0 Å². The Morgan fingerprint density at radius 2 is 0.641 bits per heavy atom. The highest BCUT2D eigenvalue weighted by Crippen LogP contribution is 2.38. The third-order valence-corrected chi connectivity index (χ3v) is 27.0. The number of imide groups is 1. The normalized spacial score (nSPS) is 26.4. The third kappa shape index (κ3) is 39.2.